The highest BCUT2D eigenvalue weighted by molar-refractivity contribution is 6.30. The van der Waals surface area contributed by atoms with Gasteiger partial charge in [0.2, 0.25) is 0 Å². The number of nitrogens with zero attached hydrogens (tertiary/aromatic N) is 2. The van der Waals surface area contributed by atoms with Gasteiger partial charge >= 0.3 is 6.03 Å². The molecule has 25 heavy (non-hydrogen) atoms. The molecule has 2 atom stereocenters. The largest absolute Gasteiger partial charge is 0.330 e. The summed E-state index contributed by atoms with van der Waals surface area (Å²) in [5.74, 6) is -0.0246. The van der Waals surface area contributed by atoms with Crippen molar-refractivity contribution >= 4 is 23.5 Å². The summed E-state index contributed by atoms with van der Waals surface area (Å²) in [6.07, 6.45) is 2.53. The van der Waals surface area contributed by atoms with E-state index in [-0.39, 0.29) is 18.0 Å². The maximum absolute atomic E-state index is 13.1. The monoisotopic (exact) mass is 359 g/mol. The summed E-state index contributed by atoms with van der Waals surface area (Å²) in [6, 6.07) is 6.68. The van der Waals surface area contributed by atoms with Gasteiger partial charge in [-0.15, -0.1) is 6.58 Å². The number of rotatable bonds is 5. The standard InChI is InChI=1S/C19H22ClN3O2/c1-4-9-22-15-11-23(12(3)5-2)18(24)16(15)17(21-19(22)25)13-7-6-8-14(20)10-13/h4,6-8,10,12,17H,1,5,9,11H2,2-3H3,(H,21,25)/t12-,17+/m0/s1. The zero-order valence-electron chi connectivity index (χ0n) is 14.5. The molecule has 0 aliphatic carbocycles. The number of benzene rings is 1. The van der Waals surface area contributed by atoms with Crippen molar-refractivity contribution in [1.82, 2.24) is 15.1 Å². The van der Waals surface area contributed by atoms with E-state index in [2.05, 4.69) is 18.8 Å². The topological polar surface area (TPSA) is 52.7 Å². The van der Waals surface area contributed by atoms with Crippen LogP contribution in [0.2, 0.25) is 5.02 Å². The van der Waals surface area contributed by atoms with E-state index in [0.29, 0.717) is 23.7 Å². The maximum atomic E-state index is 13.1. The molecule has 1 aromatic carbocycles. The minimum atomic E-state index is -0.483. The van der Waals surface area contributed by atoms with Crippen LogP contribution in [0.5, 0.6) is 0 Å². The van der Waals surface area contributed by atoms with Crippen LogP contribution in [0.15, 0.2) is 48.2 Å². The first-order chi connectivity index (χ1) is 12.0. The highest BCUT2D eigenvalue weighted by Gasteiger charge is 2.44. The highest BCUT2D eigenvalue weighted by atomic mass is 35.5. The third-order valence-corrected chi connectivity index (χ3v) is 5.10. The van der Waals surface area contributed by atoms with Gasteiger partial charge in [-0.2, -0.15) is 0 Å². The van der Waals surface area contributed by atoms with Crippen molar-refractivity contribution in [1.29, 1.82) is 0 Å². The Bertz CT molecular complexity index is 759. The van der Waals surface area contributed by atoms with Gasteiger partial charge in [0.15, 0.2) is 0 Å². The fraction of sp³-hybridized carbons (Fsp3) is 0.368. The average molecular weight is 360 g/mol. The predicted molar refractivity (Wildman–Crippen MR) is 98.1 cm³/mol. The summed E-state index contributed by atoms with van der Waals surface area (Å²) in [5.41, 5.74) is 2.20. The lowest BCUT2D eigenvalue weighted by Crippen LogP contribution is -2.47. The van der Waals surface area contributed by atoms with E-state index in [1.165, 1.54) is 0 Å². The quantitative estimate of drug-likeness (QED) is 0.818. The van der Waals surface area contributed by atoms with Crippen LogP contribution in [0.25, 0.3) is 0 Å². The molecule has 1 aromatic rings. The van der Waals surface area contributed by atoms with Gasteiger partial charge in [0.25, 0.3) is 5.91 Å². The Kier molecular flexibility index (Phi) is 4.86. The van der Waals surface area contributed by atoms with Gasteiger partial charge in [0.1, 0.15) is 0 Å². The van der Waals surface area contributed by atoms with E-state index in [1.807, 2.05) is 24.0 Å². The van der Waals surface area contributed by atoms with E-state index in [0.717, 1.165) is 17.7 Å². The lowest BCUT2D eigenvalue weighted by Gasteiger charge is -2.33. The lowest BCUT2D eigenvalue weighted by atomic mass is 9.95. The van der Waals surface area contributed by atoms with Gasteiger partial charge in [0.05, 0.1) is 23.9 Å². The molecular formula is C19H22ClN3O2. The molecule has 2 aliphatic heterocycles. The van der Waals surface area contributed by atoms with Crippen molar-refractivity contribution in [3.63, 3.8) is 0 Å². The summed E-state index contributed by atoms with van der Waals surface area (Å²) in [5, 5.41) is 3.52. The normalized spacial score (nSPS) is 21.3. The Hall–Kier alpha value is -2.27. The van der Waals surface area contributed by atoms with Crippen molar-refractivity contribution in [3.8, 4) is 0 Å². The molecule has 6 heteroatoms. The van der Waals surface area contributed by atoms with Crippen molar-refractivity contribution in [2.24, 2.45) is 0 Å². The molecule has 0 spiro atoms. The van der Waals surface area contributed by atoms with Gasteiger partial charge in [-0.05, 0) is 31.0 Å². The van der Waals surface area contributed by atoms with E-state index in [4.69, 9.17) is 11.6 Å². The molecule has 2 aliphatic rings. The predicted octanol–water partition coefficient (Wildman–Crippen LogP) is 3.49. The molecule has 0 saturated carbocycles. The first kappa shape index (κ1) is 17.5. The number of carbonyl (C=O) groups is 2. The van der Waals surface area contributed by atoms with Crippen LogP contribution in [-0.4, -0.2) is 40.9 Å². The molecular weight excluding hydrogens is 338 g/mol. The maximum Gasteiger partial charge on any atom is 0.322 e. The van der Waals surface area contributed by atoms with Crippen LogP contribution in [0.1, 0.15) is 31.9 Å². The molecule has 5 nitrogen and oxygen atoms in total. The molecule has 0 unspecified atom stereocenters. The number of hydrogen-bond acceptors (Lipinski definition) is 2. The minimum absolute atomic E-state index is 0.0246. The van der Waals surface area contributed by atoms with Gasteiger partial charge in [-0.3, -0.25) is 9.69 Å². The number of halogens is 1. The molecule has 0 saturated heterocycles. The van der Waals surface area contributed by atoms with Crippen LogP contribution in [0.3, 0.4) is 0 Å². The second-order valence-electron chi connectivity index (χ2n) is 6.39. The van der Waals surface area contributed by atoms with E-state index in [9.17, 15) is 9.59 Å². The molecule has 132 valence electrons. The molecule has 2 heterocycles. The molecule has 0 radical (unpaired) electrons. The Morgan fingerprint density at radius 2 is 2.20 bits per heavy atom. The van der Waals surface area contributed by atoms with Crippen LogP contribution < -0.4 is 5.32 Å². The van der Waals surface area contributed by atoms with Crippen LogP contribution in [0.4, 0.5) is 4.79 Å². The third kappa shape index (κ3) is 3.04. The Morgan fingerprint density at radius 3 is 2.84 bits per heavy atom. The SMILES string of the molecule is C=CCN1C(=O)N[C@H](c2cccc(Cl)c2)C2=C1CN([C@@H](C)CC)C2=O. The number of carbonyl (C=O) groups excluding carboxylic acids is 2. The summed E-state index contributed by atoms with van der Waals surface area (Å²) < 4.78 is 0. The average Bonchev–Trinajstić information content (AvgIpc) is 2.94. The number of hydrogen-bond donors (Lipinski definition) is 1. The number of amides is 3. The van der Waals surface area contributed by atoms with Crippen LogP contribution in [0, 0.1) is 0 Å². The Morgan fingerprint density at radius 1 is 1.44 bits per heavy atom. The van der Waals surface area contributed by atoms with E-state index >= 15 is 0 Å². The van der Waals surface area contributed by atoms with E-state index in [1.54, 1.807) is 23.1 Å². The van der Waals surface area contributed by atoms with Crippen LogP contribution >= 0.6 is 11.6 Å². The summed E-state index contributed by atoms with van der Waals surface area (Å²) in [4.78, 5) is 29.1. The Labute approximate surface area is 152 Å². The van der Waals surface area contributed by atoms with Gasteiger partial charge in [-0.1, -0.05) is 36.7 Å². The zero-order chi connectivity index (χ0) is 18.1. The first-order valence-electron chi connectivity index (χ1n) is 8.46. The second kappa shape index (κ2) is 6.92. The zero-order valence-corrected chi connectivity index (χ0v) is 15.2. The minimum Gasteiger partial charge on any atom is -0.330 e. The second-order valence-corrected chi connectivity index (χ2v) is 6.82. The van der Waals surface area contributed by atoms with Crippen molar-refractivity contribution in [2.75, 3.05) is 13.1 Å². The third-order valence-electron chi connectivity index (χ3n) is 4.87. The number of urea groups is 1. The van der Waals surface area contributed by atoms with Crippen molar-refractivity contribution in [3.05, 3.63) is 58.8 Å². The van der Waals surface area contributed by atoms with Crippen molar-refractivity contribution < 1.29 is 9.59 Å². The van der Waals surface area contributed by atoms with Gasteiger partial charge < -0.3 is 10.2 Å². The molecule has 3 rings (SSSR count). The van der Waals surface area contributed by atoms with E-state index < -0.39 is 6.04 Å². The van der Waals surface area contributed by atoms with Gasteiger partial charge in [0, 0.05) is 17.6 Å². The first-order valence-corrected chi connectivity index (χ1v) is 8.84. The van der Waals surface area contributed by atoms with Crippen LogP contribution in [-0.2, 0) is 4.79 Å². The molecule has 0 aromatic heterocycles. The van der Waals surface area contributed by atoms with Gasteiger partial charge in [-0.25, -0.2) is 4.79 Å². The number of nitrogens with one attached hydrogen (secondary N) is 1. The molecule has 0 bridgehead atoms. The highest BCUT2D eigenvalue weighted by Crippen LogP contribution is 2.37. The Balaban J connectivity index is 2.07. The fourth-order valence-corrected chi connectivity index (χ4v) is 3.55. The molecule has 1 N–H and O–H groups in total. The molecule has 0 fully saturated rings. The van der Waals surface area contributed by atoms with Crippen molar-refractivity contribution in [2.45, 2.75) is 32.4 Å². The summed E-state index contributed by atoms with van der Waals surface area (Å²) in [7, 11) is 0. The lowest BCUT2D eigenvalue weighted by molar-refractivity contribution is -0.127. The summed E-state index contributed by atoms with van der Waals surface area (Å²) in [6.45, 7) is 8.61. The summed E-state index contributed by atoms with van der Waals surface area (Å²) >= 11 is 6.11. The fourth-order valence-electron chi connectivity index (χ4n) is 3.35. The smallest absolute Gasteiger partial charge is 0.322 e. The molecule has 3 amide bonds.